The van der Waals surface area contributed by atoms with Crippen molar-refractivity contribution in [3.63, 3.8) is 0 Å². The molecule has 3 aromatic rings. The van der Waals surface area contributed by atoms with Gasteiger partial charge in [-0.25, -0.2) is 0 Å². The summed E-state index contributed by atoms with van der Waals surface area (Å²) in [6.07, 6.45) is 0. The minimum absolute atomic E-state index is 0.0116. The lowest BCUT2D eigenvalue weighted by atomic mass is 9.83. The smallest absolute Gasteiger partial charge is 0.283 e. The number of hydrogen-bond acceptors (Lipinski definition) is 4. The highest BCUT2D eigenvalue weighted by Crippen LogP contribution is 2.51. The van der Waals surface area contributed by atoms with Gasteiger partial charge in [-0.3, -0.25) is 4.55 Å². The molecule has 29 heavy (non-hydrogen) atoms. The first-order chi connectivity index (χ1) is 13.5. The molecule has 0 aliphatic carbocycles. The molecule has 0 aliphatic rings. The summed E-state index contributed by atoms with van der Waals surface area (Å²) < 4.78 is 34.0. The maximum absolute atomic E-state index is 13.0. The minimum atomic E-state index is -5.11. The lowest BCUT2D eigenvalue weighted by Gasteiger charge is -2.34. The second-order valence-corrected chi connectivity index (χ2v) is 9.40. The first-order valence-corrected chi connectivity index (χ1v) is 10.8. The summed E-state index contributed by atoms with van der Waals surface area (Å²) in [6.45, 7) is 0. The van der Waals surface area contributed by atoms with Crippen LogP contribution in [0.4, 0.5) is 0 Å². The van der Waals surface area contributed by atoms with Gasteiger partial charge < -0.3 is 10.2 Å². The Morgan fingerprint density at radius 3 is 1.48 bits per heavy atom. The molecule has 5 nitrogen and oxygen atoms in total. The fourth-order valence-electron chi connectivity index (χ4n) is 3.27. The second kappa shape index (κ2) is 7.87. The summed E-state index contributed by atoms with van der Waals surface area (Å²) in [5, 5.41) is 19.9. The zero-order chi connectivity index (χ0) is 21.6. The summed E-state index contributed by atoms with van der Waals surface area (Å²) in [5.74, 6) is -0.732. The maximum atomic E-state index is 13.0. The zero-order valence-corrected chi connectivity index (χ0v) is 18.1. The van der Waals surface area contributed by atoms with E-state index >= 15 is 0 Å². The molecule has 3 aromatic carbocycles. The maximum Gasteiger partial charge on any atom is 0.283 e. The van der Waals surface area contributed by atoms with Gasteiger partial charge >= 0.3 is 0 Å². The van der Waals surface area contributed by atoms with Crippen LogP contribution in [0, 0.1) is 0 Å². The molecule has 0 radical (unpaired) electrons. The van der Waals surface area contributed by atoms with Gasteiger partial charge in [-0.05, 0) is 59.7 Å². The molecule has 0 bridgehead atoms. The third-order valence-electron chi connectivity index (χ3n) is 4.28. The summed E-state index contributed by atoms with van der Waals surface area (Å²) in [7, 11) is -5.11. The summed E-state index contributed by atoms with van der Waals surface area (Å²) in [4.78, 5) is 0. The van der Waals surface area contributed by atoms with Gasteiger partial charge in [0, 0.05) is 25.7 Å². The van der Waals surface area contributed by atoms with E-state index in [0.717, 1.165) is 12.1 Å². The van der Waals surface area contributed by atoms with Gasteiger partial charge in [0.2, 0.25) is 0 Å². The molecule has 10 heteroatoms. The Balaban J connectivity index is 2.65. The van der Waals surface area contributed by atoms with Crippen LogP contribution in [0.3, 0.4) is 0 Å². The van der Waals surface area contributed by atoms with Crippen LogP contribution in [0.25, 0.3) is 0 Å². The molecule has 0 aliphatic heterocycles. The molecule has 0 saturated heterocycles. The minimum Gasteiger partial charge on any atom is -0.508 e. The predicted octanol–water partition coefficient (Wildman–Crippen LogP) is 5.89. The fraction of sp³-hybridized carbons (Fsp3) is 0.0526. The van der Waals surface area contributed by atoms with Crippen molar-refractivity contribution in [3.8, 4) is 11.5 Å². The van der Waals surface area contributed by atoms with Crippen LogP contribution < -0.4 is 0 Å². The Labute approximate surface area is 186 Å². The zero-order valence-electron chi connectivity index (χ0n) is 14.3. The third kappa shape index (κ3) is 3.89. The van der Waals surface area contributed by atoms with E-state index < -0.39 is 14.9 Å². The highest BCUT2D eigenvalue weighted by molar-refractivity contribution is 7.87. The summed E-state index contributed by atoms with van der Waals surface area (Å²) >= 11 is 24.7. The van der Waals surface area contributed by atoms with Crippen LogP contribution in [-0.4, -0.2) is 23.2 Å². The number of halogens is 4. The standard InChI is InChI=1S/C19H12Cl4O5S/c20-12-4-10(6-14(24)8-12)19(29(26,27)28,11-5-13(21)9-15(25)7-11)18-16(22)2-1-3-17(18)23/h1-9,24-25H,(H,26,27,28). The van der Waals surface area contributed by atoms with E-state index in [0.29, 0.717) is 0 Å². The summed E-state index contributed by atoms with van der Waals surface area (Å²) in [5.41, 5.74) is -0.530. The average molecular weight is 494 g/mol. The number of benzene rings is 3. The molecule has 0 amide bonds. The van der Waals surface area contributed by atoms with Gasteiger partial charge in [-0.15, -0.1) is 0 Å². The number of hydrogen-bond donors (Lipinski definition) is 3. The predicted molar refractivity (Wildman–Crippen MR) is 114 cm³/mol. The van der Waals surface area contributed by atoms with Crippen molar-refractivity contribution in [2.75, 3.05) is 0 Å². The third-order valence-corrected chi connectivity index (χ3v) is 6.80. The van der Waals surface area contributed by atoms with E-state index in [1.807, 2.05) is 0 Å². The molecule has 152 valence electrons. The molecule has 0 unspecified atom stereocenters. The molecule has 0 fully saturated rings. The second-order valence-electron chi connectivity index (χ2n) is 6.15. The van der Waals surface area contributed by atoms with Crippen molar-refractivity contribution in [2.24, 2.45) is 0 Å². The quantitative estimate of drug-likeness (QED) is 0.311. The van der Waals surface area contributed by atoms with Gasteiger partial charge in [0.1, 0.15) is 11.5 Å². The number of phenols is 2. The van der Waals surface area contributed by atoms with Crippen LogP contribution in [0.5, 0.6) is 11.5 Å². The van der Waals surface area contributed by atoms with Crippen molar-refractivity contribution in [1.82, 2.24) is 0 Å². The lowest BCUT2D eigenvalue weighted by molar-refractivity contribution is 0.455. The van der Waals surface area contributed by atoms with Crippen LogP contribution >= 0.6 is 46.4 Å². The van der Waals surface area contributed by atoms with E-state index in [1.54, 1.807) is 0 Å². The average Bonchev–Trinajstić information content (AvgIpc) is 2.55. The Hall–Kier alpha value is -1.67. The van der Waals surface area contributed by atoms with Gasteiger partial charge in [-0.2, -0.15) is 8.42 Å². The van der Waals surface area contributed by atoms with E-state index in [1.165, 1.54) is 42.5 Å². The van der Waals surface area contributed by atoms with E-state index in [4.69, 9.17) is 46.4 Å². The Kier molecular flexibility index (Phi) is 5.98. The number of phenolic OH excluding ortho intramolecular Hbond substituents is 2. The van der Waals surface area contributed by atoms with Crippen molar-refractivity contribution < 1.29 is 23.2 Å². The van der Waals surface area contributed by atoms with Crippen LogP contribution in [0.1, 0.15) is 16.7 Å². The molecule has 0 heterocycles. The van der Waals surface area contributed by atoms with Crippen molar-refractivity contribution >= 4 is 56.5 Å². The summed E-state index contributed by atoms with van der Waals surface area (Å²) in [6, 6.07) is 11.3. The van der Waals surface area contributed by atoms with Crippen molar-refractivity contribution in [2.45, 2.75) is 4.75 Å². The highest BCUT2D eigenvalue weighted by Gasteiger charge is 2.51. The van der Waals surface area contributed by atoms with Crippen LogP contribution in [-0.2, 0) is 14.9 Å². The SMILES string of the molecule is O=S(=O)(O)C(c1cc(O)cc(Cl)c1)(c1cc(O)cc(Cl)c1)c1c(Cl)cccc1Cl. The van der Waals surface area contributed by atoms with Gasteiger partial charge in [0.25, 0.3) is 10.1 Å². The van der Waals surface area contributed by atoms with Crippen molar-refractivity contribution in [1.29, 1.82) is 0 Å². The first-order valence-electron chi connectivity index (χ1n) is 7.88. The lowest BCUT2D eigenvalue weighted by Crippen LogP contribution is -2.39. The Morgan fingerprint density at radius 1 is 0.724 bits per heavy atom. The van der Waals surface area contributed by atoms with E-state index in [-0.39, 0.29) is 48.3 Å². The van der Waals surface area contributed by atoms with Crippen LogP contribution in [0.2, 0.25) is 20.1 Å². The Bertz CT molecular complexity index is 1100. The van der Waals surface area contributed by atoms with Gasteiger partial charge in [-0.1, -0.05) is 52.5 Å². The fourth-order valence-corrected chi connectivity index (χ4v) is 5.83. The topological polar surface area (TPSA) is 94.8 Å². The number of aromatic hydroxyl groups is 2. The van der Waals surface area contributed by atoms with Gasteiger partial charge in [0.05, 0.1) is 0 Å². The molecule has 0 spiro atoms. The van der Waals surface area contributed by atoms with Crippen LogP contribution in [0.15, 0.2) is 54.6 Å². The number of rotatable bonds is 4. The molecule has 0 saturated carbocycles. The molecular formula is C19H12Cl4O5S. The molecular weight excluding hydrogens is 482 g/mol. The monoisotopic (exact) mass is 492 g/mol. The largest absolute Gasteiger partial charge is 0.508 e. The first kappa shape index (κ1) is 22.0. The van der Waals surface area contributed by atoms with E-state index in [9.17, 15) is 23.2 Å². The van der Waals surface area contributed by atoms with Crippen molar-refractivity contribution in [3.05, 3.63) is 91.4 Å². The molecule has 0 atom stereocenters. The van der Waals surface area contributed by atoms with E-state index in [2.05, 4.69) is 0 Å². The molecule has 0 aromatic heterocycles. The Morgan fingerprint density at radius 2 is 1.14 bits per heavy atom. The molecule has 3 N–H and O–H groups in total. The highest BCUT2D eigenvalue weighted by atomic mass is 35.5. The van der Waals surface area contributed by atoms with Gasteiger partial charge in [0.15, 0.2) is 4.75 Å². The molecule has 3 rings (SSSR count). The normalized spacial score (nSPS) is 12.2.